The van der Waals surface area contributed by atoms with Gasteiger partial charge in [0.1, 0.15) is 5.82 Å². The number of nitrogens with two attached hydrogens (primary N) is 1. The third kappa shape index (κ3) is 3.18. The lowest BCUT2D eigenvalue weighted by Crippen LogP contribution is -1.89. The minimum atomic E-state index is -0.213. The summed E-state index contributed by atoms with van der Waals surface area (Å²) in [6.45, 7) is 1.97. The lowest BCUT2D eigenvalue weighted by Gasteiger charge is -2.08. The Morgan fingerprint density at radius 2 is 2.00 bits per heavy atom. The van der Waals surface area contributed by atoms with Crippen molar-refractivity contribution in [3.05, 3.63) is 58.4 Å². The van der Waals surface area contributed by atoms with Gasteiger partial charge in [-0.3, -0.25) is 0 Å². The molecule has 2 rings (SSSR count). The van der Waals surface area contributed by atoms with Crippen molar-refractivity contribution >= 4 is 29.1 Å². The molecule has 0 aliphatic carbocycles. The molecular weight excluding hydrogens is 269 g/mol. The van der Waals surface area contributed by atoms with Crippen LogP contribution < -0.4 is 5.73 Å². The van der Waals surface area contributed by atoms with E-state index in [1.165, 1.54) is 6.07 Å². The van der Waals surface area contributed by atoms with Crippen LogP contribution in [0.3, 0.4) is 0 Å². The molecule has 2 N–H and O–H groups in total. The molecule has 94 valence electrons. The maximum absolute atomic E-state index is 13.2. The first-order chi connectivity index (χ1) is 8.56. The van der Waals surface area contributed by atoms with Gasteiger partial charge in [-0.2, -0.15) is 0 Å². The van der Waals surface area contributed by atoms with Crippen molar-refractivity contribution in [1.29, 1.82) is 0 Å². The summed E-state index contributed by atoms with van der Waals surface area (Å²) >= 11 is 7.64. The standard InChI is InChI=1S/C14H13ClFNS/c1-9-2-3-11(16)6-10(9)8-18-14-7-12(17)4-5-13(14)15/h2-7H,8,17H2,1H3. The van der Waals surface area contributed by atoms with Gasteiger partial charge in [0.25, 0.3) is 0 Å². The van der Waals surface area contributed by atoms with Gasteiger partial charge in [-0.1, -0.05) is 17.7 Å². The van der Waals surface area contributed by atoms with E-state index in [1.807, 2.05) is 13.0 Å². The molecule has 0 amide bonds. The predicted octanol–water partition coefficient (Wildman–Crippen LogP) is 4.66. The number of hydrogen-bond acceptors (Lipinski definition) is 2. The molecule has 0 saturated heterocycles. The van der Waals surface area contributed by atoms with E-state index in [1.54, 1.807) is 36.0 Å². The first-order valence-corrected chi connectivity index (χ1v) is 6.85. The van der Waals surface area contributed by atoms with Crippen molar-refractivity contribution in [3.63, 3.8) is 0 Å². The Morgan fingerprint density at radius 3 is 2.78 bits per heavy atom. The second-order valence-corrected chi connectivity index (χ2v) is 5.47. The minimum Gasteiger partial charge on any atom is -0.399 e. The van der Waals surface area contributed by atoms with Crippen LogP contribution in [-0.2, 0) is 5.75 Å². The van der Waals surface area contributed by atoms with Gasteiger partial charge in [0.2, 0.25) is 0 Å². The highest BCUT2D eigenvalue weighted by Gasteiger charge is 2.05. The number of thioether (sulfide) groups is 1. The first-order valence-electron chi connectivity index (χ1n) is 5.49. The third-order valence-electron chi connectivity index (χ3n) is 2.65. The summed E-state index contributed by atoms with van der Waals surface area (Å²) in [5.74, 6) is 0.460. The molecule has 0 atom stereocenters. The largest absolute Gasteiger partial charge is 0.399 e. The number of hydrogen-bond donors (Lipinski definition) is 1. The average molecular weight is 282 g/mol. The minimum absolute atomic E-state index is 0.213. The molecule has 0 spiro atoms. The summed E-state index contributed by atoms with van der Waals surface area (Å²) in [5, 5.41) is 0.670. The van der Waals surface area contributed by atoms with E-state index in [2.05, 4.69) is 0 Å². The first kappa shape index (κ1) is 13.2. The van der Waals surface area contributed by atoms with Crippen LogP contribution in [0, 0.1) is 12.7 Å². The fourth-order valence-electron chi connectivity index (χ4n) is 1.58. The van der Waals surface area contributed by atoms with Crippen LogP contribution in [0.1, 0.15) is 11.1 Å². The van der Waals surface area contributed by atoms with Crippen molar-refractivity contribution in [2.24, 2.45) is 0 Å². The highest BCUT2D eigenvalue weighted by molar-refractivity contribution is 7.98. The van der Waals surface area contributed by atoms with Crippen LogP contribution in [0.4, 0.5) is 10.1 Å². The van der Waals surface area contributed by atoms with Crippen molar-refractivity contribution in [2.45, 2.75) is 17.6 Å². The van der Waals surface area contributed by atoms with Crippen LogP contribution in [0.5, 0.6) is 0 Å². The maximum atomic E-state index is 13.2. The maximum Gasteiger partial charge on any atom is 0.123 e. The van der Waals surface area contributed by atoms with Crippen LogP contribution in [0.2, 0.25) is 5.02 Å². The summed E-state index contributed by atoms with van der Waals surface area (Å²) in [4.78, 5) is 0.917. The average Bonchev–Trinajstić information content (AvgIpc) is 2.34. The zero-order valence-corrected chi connectivity index (χ0v) is 11.5. The molecule has 18 heavy (non-hydrogen) atoms. The molecular formula is C14H13ClFNS. The molecule has 0 aliphatic rings. The molecule has 2 aromatic carbocycles. The number of nitrogen functional groups attached to an aromatic ring is 1. The second-order valence-electron chi connectivity index (χ2n) is 4.05. The van der Waals surface area contributed by atoms with E-state index in [9.17, 15) is 4.39 Å². The molecule has 4 heteroatoms. The molecule has 0 fully saturated rings. The van der Waals surface area contributed by atoms with Gasteiger partial charge in [0.05, 0.1) is 5.02 Å². The Balaban J connectivity index is 2.16. The SMILES string of the molecule is Cc1ccc(F)cc1CSc1cc(N)ccc1Cl. The van der Waals surface area contributed by atoms with E-state index < -0.39 is 0 Å². The monoisotopic (exact) mass is 281 g/mol. The fraction of sp³-hybridized carbons (Fsp3) is 0.143. The quantitative estimate of drug-likeness (QED) is 0.654. The van der Waals surface area contributed by atoms with Gasteiger partial charge in [0.15, 0.2) is 0 Å². The van der Waals surface area contributed by atoms with E-state index in [0.717, 1.165) is 16.0 Å². The van der Waals surface area contributed by atoms with E-state index in [-0.39, 0.29) is 5.82 Å². The number of anilines is 1. The molecule has 0 heterocycles. The Kier molecular flexibility index (Phi) is 4.15. The van der Waals surface area contributed by atoms with Gasteiger partial charge in [-0.15, -0.1) is 11.8 Å². The Bertz CT molecular complexity index is 520. The van der Waals surface area contributed by atoms with Crippen molar-refractivity contribution in [1.82, 2.24) is 0 Å². The lowest BCUT2D eigenvalue weighted by molar-refractivity contribution is 0.626. The predicted molar refractivity (Wildman–Crippen MR) is 76.6 cm³/mol. The third-order valence-corrected chi connectivity index (χ3v) is 4.20. The summed E-state index contributed by atoms with van der Waals surface area (Å²) in [6.07, 6.45) is 0. The van der Waals surface area contributed by atoms with Crippen LogP contribution in [0.25, 0.3) is 0 Å². The number of benzene rings is 2. The van der Waals surface area contributed by atoms with E-state index in [4.69, 9.17) is 17.3 Å². The van der Waals surface area contributed by atoms with Crippen LogP contribution in [-0.4, -0.2) is 0 Å². The smallest absolute Gasteiger partial charge is 0.123 e. The Morgan fingerprint density at radius 1 is 1.22 bits per heavy atom. The molecule has 0 bridgehead atoms. The summed E-state index contributed by atoms with van der Waals surface area (Å²) in [6, 6.07) is 10.2. The molecule has 1 nitrogen and oxygen atoms in total. The Labute approximate surface area is 115 Å². The molecule has 0 aliphatic heterocycles. The normalized spacial score (nSPS) is 10.6. The van der Waals surface area contributed by atoms with Crippen molar-refractivity contribution in [2.75, 3.05) is 5.73 Å². The van der Waals surface area contributed by atoms with Crippen LogP contribution >= 0.6 is 23.4 Å². The fourth-order valence-corrected chi connectivity index (χ4v) is 2.91. The van der Waals surface area contributed by atoms with Gasteiger partial charge in [0, 0.05) is 16.3 Å². The molecule has 0 unspecified atom stereocenters. The van der Waals surface area contributed by atoms with Gasteiger partial charge < -0.3 is 5.73 Å². The lowest BCUT2D eigenvalue weighted by atomic mass is 10.1. The zero-order valence-electron chi connectivity index (χ0n) is 9.91. The molecule has 0 saturated carbocycles. The van der Waals surface area contributed by atoms with Crippen molar-refractivity contribution in [3.8, 4) is 0 Å². The van der Waals surface area contributed by atoms with Gasteiger partial charge in [-0.25, -0.2) is 4.39 Å². The summed E-state index contributed by atoms with van der Waals surface area (Å²) in [5.41, 5.74) is 8.44. The number of rotatable bonds is 3. The van der Waals surface area contributed by atoms with E-state index >= 15 is 0 Å². The summed E-state index contributed by atoms with van der Waals surface area (Å²) < 4.78 is 13.2. The Hall–Kier alpha value is -1.19. The van der Waals surface area contributed by atoms with Gasteiger partial charge in [-0.05, 0) is 48.4 Å². The zero-order chi connectivity index (χ0) is 13.1. The topological polar surface area (TPSA) is 26.0 Å². The van der Waals surface area contributed by atoms with Crippen molar-refractivity contribution < 1.29 is 4.39 Å². The van der Waals surface area contributed by atoms with Gasteiger partial charge >= 0.3 is 0 Å². The van der Waals surface area contributed by atoms with E-state index in [0.29, 0.717) is 16.5 Å². The molecule has 0 radical (unpaired) electrons. The second kappa shape index (κ2) is 5.63. The van der Waals surface area contributed by atoms with Crippen LogP contribution in [0.15, 0.2) is 41.3 Å². The highest BCUT2D eigenvalue weighted by Crippen LogP contribution is 2.32. The number of aryl methyl sites for hydroxylation is 1. The molecule has 0 aromatic heterocycles. The highest BCUT2D eigenvalue weighted by atomic mass is 35.5. The number of halogens is 2. The molecule has 2 aromatic rings. The summed E-state index contributed by atoms with van der Waals surface area (Å²) in [7, 11) is 0.